The first-order chi connectivity index (χ1) is 12.2. The van der Waals surface area contributed by atoms with E-state index in [1.165, 1.54) is 26.0 Å². The predicted molar refractivity (Wildman–Crippen MR) is 96.9 cm³/mol. The minimum atomic E-state index is -0.975. The van der Waals surface area contributed by atoms with Gasteiger partial charge in [0.25, 0.3) is 5.91 Å². The molecule has 0 fully saturated rings. The molecular weight excluding hydrogens is 336 g/mol. The van der Waals surface area contributed by atoms with Crippen LogP contribution in [0.1, 0.15) is 35.6 Å². The van der Waals surface area contributed by atoms with Crippen LogP contribution in [0.25, 0.3) is 0 Å². The van der Waals surface area contributed by atoms with Gasteiger partial charge in [0.15, 0.2) is 6.10 Å². The van der Waals surface area contributed by atoms with Gasteiger partial charge in [-0.3, -0.25) is 14.3 Å². The smallest absolute Gasteiger partial charge is 0.338 e. The Hall–Kier alpha value is -3.16. The van der Waals surface area contributed by atoms with Gasteiger partial charge in [-0.2, -0.15) is 5.10 Å². The van der Waals surface area contributed by atoms with E-state index in [1.807, 2.05) is 6.92 Å². The zero-order chi connectivity index (χ0) is 19.4. The van der Waals surface area contributed by atoms with E-state index in [0.717, 1.165) is 5.69 Å². The summed E-state index contributed by atoms with van der Waals surface area (Å²) in [5, 5.41) is 9.57. The van der Waals surface area contributed by atoms with Crippen molar-refractivity contribution in [3.63, 3.8) is 0 Å². The van der Waals surface area contributed by atoms with Crippen molar-refractivity contribution in [2.24, 2.45) is 7.05 Å². The number of benzene rings is 1. The van der Waals surface area contributed by atoms with Crippen LogP contribution in [0.4, 0.5) is 11.4 Å². The fraction of sp³-hybridized carbons (Fsp3) is 0.333. The molecule has 0 bridgehead atoms. The Labute approximate surface area is 151 Å². The van der Waals surface area contributed by atoms with Crippen LogP contribution in [0.3, 0.4) is 0 Å². The summed E-state index contributed by atoms with van der Waals surface area (Å²) >= 11 is 0. The van der Waals surface area contributed by atoms with Crippen molar-refractivity contribution in [1.29, 1.82) is 0 Å². The number of esters is 1. The maximum Gasteiger partial charge on any atom is 0.338 e. The second-order valence-corrected chi connectivity index (χ2v) is 5.96. The molecule has 2 N–H and O–H groups in total. The molecule has 0 saturated heterocycles. The lowest BCUT2D eigenvalue weighted by molar-refractivity contribution is -0.123. The topological polar surface area (TPSA) is 102 Å². The highest BCUT2D eigenvalue weighted by atomic mass is 16.5. The van der Waals surface area contributed by atoms with E-state index >= 15 is 0 Å². The molecule has 2 amide bonds. The van der Waals surface area contributed by atoms with Gasteiger partial charge in [0.05, 0.1) is 22.6 Å². The first kappa shape index (κ1) is 19.2. The average Bonchev–Trinajstić information content (AvgIpc) is 2.81. The summed E-state index contributed by atoms with van der Waals surface area (Å²) in [4.78, 5) is 35.5. The van der Waals surface area contributed by atoms with E-state index in [1.54, 1.807) is 30.8 Å². The number of amides is 2. The molecule has 8 heteroatoms. The fourth-order valence-electron chi connectivity index (χ4n) is 2.35. The van der Waals surface area contributed by atoms with Gasteiger partial charge in [-0.05, 0) is 45.0 Å². The molecule has 0 unspecified atom stereocenters. The molecule has 2 aromatic rings. The molecule has 1 heterocycles. The Morgan fingerprint density at radius 3 is 2.23 bits per heavy atom. The van der Waals surface area contributed by atoms with Crippen LogP contribution in [0.15, 0.2) is 24.3 Å². The summed E-state index contributed by atoms with van der Waals surface area (Å²) in [5.41, 5.74) is 2.96. The van der Waals surface area contributed by atoms with Gasteiger partial charge >= 0.3 is 5.97 Å². The quantitative estimate of drug-likeness (QED) is 0.798. The second kappa shape index (κ2) is 7.81. The lowest BCUT2D eigenvalue weighted by atomic mass is 10.2. The van der Waals surface area contributed by atoms with Crippen molar-refractivity contribution < 1.29 is 19.1 Å². The number of aryl methyl sites for hydroxylation is 2. The Bertz CT molecular complexity index is 840. The molecule has 1 atom stereocenters. The largest absolute Gasteiger partial charge is 0.449 e. The van der Waals surface area contributed by atoms with Gasteiger partial charge in [0, 0.05) is 19.7 Å². The standard InChI is InChI=1S/C18H22N4O4/c1-10-16(11(2)22(5)21-10)20-17(24)12(3)26-18(25)14-6-8-15(9-7-14)19-13(4)23/h6-9,12H,1-5H3,(H,19,23)(H,20,24)/t12-/m0/s1. The fourth-order valence-corrected chi connectivity index (χ4v) is 2.35. The lowest BCUT2D eigenvalue weighted by Gasteiger charge is -2.14. The molecule has 2 rings (SSSR count). The van der Waals surface area contributed by atoms with Gasteiger partial charge in [-0.25, -0.2) is 4.79 Å². The van der Waals surface area contributed by atoms with Crippen LogP contribution in [0.2, 0.25) is 0 Å². The van der Waals surface area contributed by atoms with E-state index in [-0.39, 0.29) is 11.5 Å². The van der Waals surface area contributed by atoms with Gasteiger partial charge in [0.2, 0.25) is 5.91 Å². The monoisotopic (exact) mass is 358 g/mol. The van der Waals surface area contributed by atoms with Crippen molar-refractivity contribution in [2.75, 3.05) is 10.6 Å². The molecule has 0 spiro atoms. The van der Waals surface area contributed by atoms with Crippen LogP contribution in [-0.2, 0) is 21.4 Å². The van der Waals surface area contributed by atoms with Crippen LogP contribution >= 0.6 is 0 Å². The third kappa shape index (κ3) is 4.47. The summed E-state index contributed by atoms with van der Waals surface area (Å²) < 4.78 is 6.88. The summed E-state index contributed by atoms with van der Waals surface area (Å²) in [5.74, 6) is -1.26. The summed E-state index contributed by atoms with van der Waals surface area (Å²) in [6.07, 6.45) is -0.975. The van der Waals surface area contributed by atoms with Crippen molar-refractivity contribution >= 4 is 29.2 Å². The maximum absolute atomic E-state index is 12.3. The highest BCUT2D eigenvalue weighted by molar-refractivity contribution is 5.98. The summed E-state index contributed by atoms with van der Waals surface area (Å²) in [7, 11) is 1.78. The van der Waals surface area contributed by atoms with Crippen LogP contribution in [0, 0.1) is 13.8 Å². The second-order valence-electron chi connectivity index (χ2n) is 5.96. The van der Waals surface area contributed by atoms with Crippen molar-refractivity contribution in [1.82, 2.24) is 9.78 Å². The number of aromatic nitrogens is 2. The average molecular weight is 358 g/mol. The Kier molecular flexibility index (Phi) is 5.76. The highest BCUT2D eigenvalue weighted by Crippen LogP contribution is 2.19. The van der Waals surface area contributed by atoms with Gasteiger partial charge in [-0.15, -0.1) is 0 Å². The minimum absolute atomic E-state index is 0.202. The number of nitrogens with zero attached hydrogens (tertiary/aromatic N) is 2. The van der Waals surface area contributed by atoms with E-state index in [2.05, 4.69) is 15.7 Å². The number of hydrogen-bond donors (Lipinski definition) is 2. The zero-order valence-electron chi connectivity index (χ0n) is 15.4. The Morgan fingerprint density at radius 2 is 1.73 bits per heavy atom. The van der Waals surface area contributed by atoms with Gasteiger partial charge in [-0.1, -0.05) is 0 Å². The minimum Gasteiger partial charge on any atom is -0.449 e. The maximum atomic E-state index is 12.3. The van der Waals surface area contributed by atoms with E-state index in [4.69, 9.17) is 4.74 Å². The number of carbonyl (C=O) groups is 3. The number of anilines is 2. The number of hydrogen-bond acceptors (Lipinski definition) is 5. The number of rotatable bonds is 5. The summed E-state index contributed by atoms with van der Waals surface area (Å²) in [6, 6.07) is 6.22. The summed E-state index contributed by atoms with van der Waals surface area (Å²) in [6.45, 7) is 6.52. The van der Waals surface area contributed by atoms with Crippen molar-refractivity contribution in [2.45, 2.75) is 33.8 Å². The lowest BCUT2D eigenvalue weighted by Crippen LogP contribution is -2.30. The van der Waals surface area contributed by atoms with E-state index < -0.39 is 18.0 Å². The third-order valence-corrected chi connectivity index (χ3v) is 3.85. The SMILES string of the molecule is CC(=O)Nc1ccc(C(=O)O[C@@H](C)C(=O)Nc2c(C)nn(C)c2C)cc1. The highest BCUT2D eigenvalue weighted by Gasteiger charge is 2.21. The molecule has 0 radical (unpaired) electrons. The normalized spacial score (nSPS) is 11.6. The Morgan fingerprint density at radius 1 is 1.12 bits per heavy atom. The number of carbonyl (C=O) groups excluding carboxylic acids is 3. The van der Waals surface area contributed by atoms with E-state index in [9.17, 15) is 14.4 Å². The molecule has 0 aliphatic heterocycles. The zero-order valence-corrected chi connectivity index (χ0v) is 15.4. The molecular formula is C18H22N4O4. The molecule has 138 valence electrons. The number of nitrogens with one attached hydrogen (secondary N) is 2. The molecule has 0 saturated carbocycles. The first-order valence-electron chi connectivity index (χ1n) is 8.08. The third-order valence-electron chi connectivity index (χ3n) is 3.85. The van der Waals surface area contributed by atoms with E-state index in [0.29, 0.717) is 17.1 Å². The van der Waals surface area contributed by atoms with Crippen LogP contribution < -0.4 is 10.6 Å². The molecule has 8 nitrogen and oxygen atoms in total. The molecule has 0 aliphatic carbocycles. The predicted octanol–water partition coefficient (Wildman–Crippen LogP) is 2.18. The molecule has 0 aliphatic rings. The van der Waals surface area contributed by atoms with Crippen LogP contribution in [-0.4, -0.2) is 33.7 Å². The van der Waals surface area contributed by atoms with Gasteiger partial charge < -0.3 is 15.4 Å². The Balaban J connectivity index is 1.99. The first-order valence-corrected chi connectivity index (χ1v) is 8.08. The number of ether oxygens (including phenoxy) is 1. The van der Waals surface area contributed by atoms with Crippen LogP contribution in [0.5, 0.6) is 0 Å². The molecule has 1 aromatic heterocycles. The van der Waals surface area contributed by atoms with Crippen molar-refractivity contribution in [3.8, 4) is 0 Å². The molecule has 1 aromatic carbocycles. The molecule has 26 heavy (non-hydrogen) atoms. The van der Waals surface area contributed by atoms with Crippen molar-refractivity contribution in [3.05, 3.63) is 41.2 Å². The van der Waals surface area contributed by atoms with Gasteiger partial charge in [0.1, 0.15) is 0 Å².